The molecule has 0 fully saturated rings. The van der Waals surface area contributed by atoms with E-state index in [-0.39, 0.29) is 10.8 Å². The normalized spacial score (nSPS) is 21.2. The van der Waals surface area contributed by atoms with Crippen molar-refractivity contribution in [1.29, 1.82) is 0 Å². The van der Waals surface area contributed by atoms with E-state index in [9.17, 15) is 5.11 Å². The van der Waals surface area contributed by atoms with Crippen LogP contribution in [0.5, 0.6) is 0 Å². The average molecular weight is 341 g/mol. The molecule has 1 aliphatic rings. The number of hydrogen-bond acceptors (Lipinski definition) is 3. The second-order valence-corrected chi connectivity index (χ2v) is 9.41. The van der Waals surface area contributed by atoms with E-state index in [1.807, 2.05) is 38.1 Å². The molecule has 136 valence electrons. The fourth-order valence-corrected chi connectivity index (χ4v) is 2.94. The molecule has 25 heavy (non-hydrogen) atoms. The van der Waals surface area contributed by atoms with Crippen molar-refractivity contribution >= 4 is 5.71 Å². The third-order valence-corrected chi connectivity index (χ3v) is 4.62. The zero-order chi connectivity index (χ0) is 19.0. The molecule has 0 aliphatic heterocycles. The number of allylic oxidation sites excluding steroid dienone is 2. The van der Waals surface area contributed by atoms with Crippen LogP contribution in [0, 0.1) is 10.8 Å². The third-order valence-electron chi connectivity index (χ3n) is 4.62. The minimum Gasteiger partial charge on any atom is -0.382 e. The van der Waals surface area contributed by atoms with Gasteiger partial charge in [0.2, 0.25) is 0 Å². The van der Waals surface area contributed by atoms with Crippen LogP contribution in [-0.4, -0.2) is 21.9 Å². The molecule has 1 unspecified atom stereocenters. The topological polar surface area (TPSA) is 45.5 Å². The quantitative estimate of drug-likeness (QED) is 0.816. The molecule has 0 aromatic carbocycles. The zero-order valence-corrected chi connectivity index (χ0v) is 16.9. The van der Waals surface area contributed by atoms with Crippen LogP contribution in [0.1, 0.15) is 61.1 Å². The van der Waals surface area contributed by atoms with E-state index in [2.05, 4.69) is 52.6 Å². The Balaban J connectivity index is 2.56. The highest BCUT2D eigenvalue weighted by atomic mass is 16.3. The van der Waals surface area contributed by atoms with Crippen molar-refractivity contribution in [2.24, 2.45) is 15.8 Å². The summed E-state index contributed by atoms with van der Waals surface area (Å²) in [5.74, 6) is 0. The minimum absolute atomic E-state index is 0.00739. The number of aliphatic imine (C=N–C) groups is 1. The number of nitrogens with zero attached hydrogens (tertiary/aromatic N) is 2. The molecule has 0 spiro atoms. The Kier molecular flexibility index (Phi) is 5.11. The van der Waals surface area contributed by atoms with E-state index >= 15 is 0 Å². The number of hydrogen-bond donors (Lipinski definition) is 1. The van der Waals surface area contributed by atoms with Crippen LogP contribution in [-0.2, 0) is 5.54 Å². The van der Waals surface area contributed by atoms with Gasteiger partial charge in [-0.3, -0.25) is 9.98 Å². The second-order valence-electron chi connectivity index (χ2n) is 9.41. The predicted octanol–water partition coefficient (Wildman–Crippen LogP) is 5.08. The first kappa shape index (κ1) is 19.6. The SMILES string of the molecule is CC(C)(C)C1=CC(=NC(C)(C)c2ccccn2)C(O)C(C(C)(C)C)=C1. The highest BCUT2D eigenvalue weighted by Crippen LogP contribution is 2.38. The second kappa shape index (κ2) is 6.53. The summed E-state index contributed by atoms with van der Waals surface area (Å²) in [4.78, 5) is 9.39. The molecule has 0 radical (unpaired) electrons. The fraction of sp³-hybridized carbons (Fsp3) is 0.545. The first-order chi connectivity index (χ1) is 11.3. The van der Waals surface area contributed by atoms with Crippen LogP contribution < -0.4 is 0 Å². The lowest BCUT2D eigenvalue weighted by Crippen LogP contribution is -2.34. The first-order valence-electron chi connectivity index (χ1n) is 8.96. The maximum absolute atomic E-state index is 11.0. The van der Waals surface area contributed by atoms with Crippen molar-refractivity contribution < 1.29 is 5.11 Å². The van der Waals surface area contributed by atoms with Gasteiger partial charge in [-0.25, -0.2) is 0 Å². The molecule has 0 saturated carbocycles. The molecule has 0 saturated heterocycles. The van der Waals surface area contributed by atoms with Crippen LogP contribution in [0.4, 0.5) is 0 Å². The lowest BCUT2D eigenvalue weighted by molar-refractivity contribution is 0.242. The highest BCUT2D eigenvalue weighted by molar-refractivity contribution is 6.03. The molecule has 2 rings (SSSR count). The Morgan fingerprint density at radius 2 is 1.56 bits per heavy atom. The zero-order valence-electron chi connectivity index (χ0n) is 16.9. The van der Waals surface area contributed by atoms with Crippen LogP contribution in [0.3, 0.4) is 0 Å². The van der Waals surface area contributed by atoms with E-state index < -0.39 is 11.6 Å². The molecule has 1 heterocycles. The number of pyridine rings is 1. The summed E-state index contributed by atoms with van der Waals surface area (Å²) in [5.41, 5.74) is 3.18. The maximum Gasteiger partial charge on any atom is 0.117 e. The lowest BCUT2D eigenvalue weighted by Gasteiger charge is -2.35. The largest absolute Gasteiger partial charge is 0.382 e. The van der Waals surface area contributed by atoms with E-state index in [4.69, 9.17) is 4.99 Å². The molecule has 3 heteroatoms. The van der Waals surface area contributed by atoms with Gasteiger partial charge in [-0.15, -0.1) is 0 Å². The Morgan fingerprint density at radius 1 is 0.920 bits per heavy atom. The van der Waals surface area contributed by atoms with Gasteiger partial charge < -0.3 is 5.11 Å². The Hall–Kier alpha value is -1.74. The van der Waals surface area contributed by atoms with Crippen LogP contribution in [0.2, 0.25) is 0 Å². The Bertz CT molecular complexity index is 711. The summed E-state index contributed by atoms with van der Waals surface area (Å²) in [7, 11) is 0. The van der Waals surface area contributed by atoms with Gasteiger partial charge in [-0.1, -0.05) is 53.7 Å². The molecular weight excluding hydrogens is 308 g/mol. The summed E-state index contributed by atoms with van der Waals surface area (Å²) in [6.45, 7) is 17.0. The molecule has 1 aromatic heterocycles. The molecule has 1 aromatic rings. The number of aliphatic hydroxyl groups excluding tert-OH is 1. The van der Waals surface area contributed by atoms with Gasteiger partial charge in [0.1, 0.15) is 6.10 Å². The molecule has 3 nitrogen and oxygen atoms in total. The first-order valence-corrected chi connectivity index (χ1v) is 8.96. The molecule has 0 amide bonds. The monoisotopic (exact) mass is 340 g/mol. The lowest BCUT2D eigenvalue weighted by atomic mass is 9.73. The van der Waals surface area contributed by atoms with Gasteiger partial charge in [-0.05, 0) is 54.0 Å². The molecule has 1 atom stereocenters. The number of rotatable bonds is 2. The van der Waals surface area contributed by atoms with Crippen molar-refractivity contribution in [3.8, 4) is 0 Å². The Labute approximate surface area is 152 Å². The predicted molar refractivity (Wildman–Crippen MR) is 106 cm³/mol. The van der Waals surface area contributed by atoms with E-state index in [1.54, 1.807) is 6.20 Å². The summed E-state index contributed by atoms with van der Waals surface area (Å²) in [6, 6.07) is 5.85. The van der Waals surface area contributed by atoms with Crippen LogP contribution in [0.15, 0.2) is 52.7 Å². The van der Waals surface area contributed by atoms with Crippen molar-refractivity contribution in [3.05, 3.63) is 53.4 Å². The average Bonchev–Trinajstić information content (AvgIpc) is 2.47. The summed E-state index contributed by atoms with van der Waals surface area (Å²) < 4.78 is 0. The molecule has 0 bridgehead atoms. The smallest absolute Gasteiger partial charge is 0.117 e. The van der Waals surface area contributed by atoms with E-state index in [0.717, 1.165) is 11.3 Å². The standard InChI is InChI=1S/C22H32N2O/c1-20(2,3)15-13-16(21(4,5)6)19(25)17(14-15)24-22(7,8)18-11-9-10-12-23-18/h9-14,19,25H,1-8H3. The van der Waals surface area contributed by atoms with Gasteiger partial charge in [0, 0.05) is 6.20 Å². The maximum atomic E-state index is 11.0. The fourth-order valence-electron chi connectivity index (χ4n) is 2.94. The van der Waals surface area contributed by atoms with Crippen molar-refractivity contribution in [2.45, 2.75) is 67.0 Å². The molecule has 1 N–H and O–H groups in total. The van der Waals surface area contributed by atoms with E-state index in [1.165, 1.54) is 5.57 Å². The van der Waals surface area contributed by atoms with Crippen molar-refractivity contribution in [3.63, 3.8) is 0 Å². The van der Waals surface area contributed by atoms with E-state index in [0.29, 0.717) is 5.71 Å². The highest BCUT2D eigenvalue weighted by Gasteiger charge is 2.34. The van der Waals surface area contributed by atoms with Crippen molar-refractivity contribution in [2.75, 3.05) is 0 Å². The summed E-state index contributed by atoms with van der Waals surface area (Å²) in [5, 5.41) is 11.0. The van der Waals surface area contributed by atoms with Gasteiger partial charge >= 0.3 is 0 Å². The van der Waals surface area contributed by atoms with Gasteiger partial charge in [0.05, 0.1) is 16.9 Å². The summed E-state index contributed by atoms with van der Waals surface area (Å²) in [6.07, 6.45) is 5.29. The van der Waals surface area contributed by atoms with Crippen LogP contribution in [0.25, 0.3) is 0 Å². The summed E-state index contributed by atoms with van der Waals surface area (Å²) >= 11 is 0. The van der Waals surface area contributed by atoms with Crippen LogP contribution >= 0.6 is 0 Å². The number of aromatic nitrogens is 1. The van der Waals surface area contributed by atoms with Crippen molar-refractivity contribution in [1.82, 2.24) is 4.98 Å². The Morgan fingerprint density at radius 3 is 2.04 bits per heavy atom. The van der Waals surface area contributed by atoms with Gasteiger partial charge in [0.25, 0.3) is 0 Å². The minimum atomic E-state index is -0.686. The van der Waals surface area contributed by atoms with Gasteiger partial charge in [-0.2, -0.15) is 0 Å². The number of aliphatic hydroxyl groups is 1. The third kappa shape index (κ3) is 4.46. The van der Waals surface area contributed by atoms with Gasteiger partial charge in [0.15, 0.2) is 0 Å². The molecular formula is C22H32N2O. The molecule has 1 aliphatic carbocycles.